The van der Waals surface area contributed by atoms with Crippen LogP contribution in [0, 0.1) is 0 Å². The zero-order valence-corrected chi connectivity index (χ0v) is 12.7. The molecule has 0 aliphatic heterocycles. The average molecular weight is 356 g/mol. The van der Waals surface area contributed by atoms with E-state index >= 15 is 0 Å². The first-order valence-corrected chi connectivity index (χ1v) is 8.80. The molecule has 3 aromatic rings. The Hall–Kier alpha value is -0.791. The molecule has 0 spiro atoms. The van der Waals surface area contributed by atoms with Crippen LogP contribution in [0.5, 0.6) is 0 Å². The molecule has 0 radical (unpaired) electrons. The van der Waals surface area contributed by atoms with Crippen molar-refractivity contribution in [1.82, 2.24) is 0 Å². The molecular weight excluding hydrogens is 346 g/mol. The van der Waals surface area contributed by atoms with Crippen molar-refractivity contribution in [2.75, 3.05) is 6.61 Å². The minimum absolute atomic E-state index is 0.129. The van der Waals surface area contributed by atoms with Crippen molar-refractivity contribution < 1.29 is 9.53 Å². The number of carbonyl (C=O) groups excluding carboxylic acids is 1. The third-order valence-electron chi connectivity index (χ3n) is 2.53. The zero-order valence-electron chi connectivity index (χ0n) is 9.23. The first-order chi connectivity index (χ1) is 8.29. The number of ether oxygens (including phenoxy) is 1. The van der Waals surface area contributed by atoms with E-state index < -0.39 is 0 Å². The Labute approximate surface area is 111 Å². The Bertz CT molecular complexity index is 694. The van der Waals surface area contributed by atoms with Crippen LogP contribution in [-0.4, -0.2) is 41.6 Å². The Balaban J connectivity index is 2.17. The Morgan fingerprint density at radius 1 is 1.24 bits per heavy atom. The molecule has 2 nitrogen and oxygen atoms in total. The number of carbonyl (C=O) groups is 1. The molecule has 0 aliphatic carbocycles. The van der Waals surface area contributed by atoms with Gasteiger partial charge in [0.15, 0.2) is 0 Å². The molecule has 1 aromatic carbocycles. The second-order valence-corrected chi connectivity index (χ2v) is 8.10. The van der Waals surface area contributed by atoms with Crippen LogP contribution >= 0.6 is 0 Å². The first-order valence-electron chi connectivity index (χ1n) is 5.38. The van der Waals surface area contributed by atoms with Crippen LogP contribution in [0.3, 0.4) is 0 Å². The van der Waals surface area contributed by atoms with Crippen molar-refractivity contribution >= 4 is 53.1 Å². The van der Waals surface area contributed by atoms with Crippen molar-refractivity contribution in [1.29, 1.82) is 0 Å². The van der Waals surface area contributed by atoms with Gasteiger partial charge in [-0.25, -0.2) is 0 Å². The van der Waals surface area contributed by atoms with E-state index in [0.717, 1.165) is 4.44 Å². The summed E-state index contributed by atoms with van der Waals surface area (Å²) in [6.45, 7) is 2.30. The third-order valence-corrected chi connectivity index (χ3v) is 7.94. The van der Waals surface area contributed by atoms with E-state index in [1.54, 1.807) is 0 Å². The molecule has 0 aliphatic rings. The van der Waals surface area contributed by atoms with E-state index in [1.165, 1.54) is 18.2 Å². The summed E-state index contributed by atoms with van der Waals surface area (Å²) >= 11 is 0.512. The second-order valence-electron chi connectivity index (χ2n) is 3.62. The summed E-state index contributed by atoms with van der Waals surface area (Å²) in [5.74, 6) is -0.129. The van der Waals surface area contributed by atoms with Gasteiger partial charge in [-0.3, -0.25) is 0 Å². The molecule has 0 N–H and O–H groups in total. The first kappa shape index (κ1) is 11.3. The molecule has 86 valence electrons. The summed E-state index contributed by atoms with van der Waals surface area (Å²) in [4.78, 5) is 11.7. The molecule has 0 amide bonds. The monoisotopic (exact) mass is 358 g/mol. The number of rotatable bonds is 2. The van der Waals surface area contributed by atoms with Crippen LogP contribution in [0.15, 0.2) is 30.3 Å². The molecular formula is C13H10O2Se2. The summed E-state index contributed by atoms with van der Waals surface area (Å²) in [5, 5.41) is 1.36. The molecule has 0 unspecified atom stereocenters. The number of hydrogen-bond acceptors (Lipinski definition) is 2. The predicted octanol–water partition coefficient (Wildman–Crippen LogP) is 2.28. The summed E-state index contributed by atoms with van der Waals surface area (Å²) in [6, 6.07) is 10.6. The standard InChI is InChI=1S/C13H10O2Se2/c1-2-15-13(14)11-7-10-12(17-11)8-5-3-4-6-9(8)16-10/h3-7H,2H2,1H3. The molecule has 0 atom stereocenters. The maximum absolute atomic E-state index is 11.7. The van der Waals surface area contributed by atoms with Gasteiger partial charge >= 0.3 is 111 Å². The van der Waals surface area contributed by atoms with Crippen molar-refractivity contribution in [3.05, 3.63) is 34.8 Å². The van der Waals surface area contributed by atoms with Crippen LogP contribution in [0.25, 0.3) is 18.2 Å². The molecule has 0 saturated heterocycles. The van der Waals surface area contributed by atoms with E-state index in [1.807, 2.05) is 6.92 Å². The molecule has 3 rings (SSSR count). The van der Waals surface area contributed by atoms with Crippen LogP contribution in [0.1, 0.15) is 16.2 Å². The predicted molar refractivity (Wildman–Crippen MR) is 71.3 cm³/mol. The van der Waals surface area contributed by atoms with Crippen molar-refractivity contribution in [3.63, 3.8) is 0 Å². The van der Waals surface area contributed by atoms with Gasteiger partial charge in [-0.15, -0.1) is 0 Å². The zero-order chi connectivity index (χ0) is 11.8. The average Bonchev–Trinajstić information content (AvgIpc) is 2.86. The number of hydrogen-bond donors (Lipinski definition) is 0. The van der Waals surface area contributed by atoms with Crippen molar-refractivity contribution in [2.24, 2.45) is 0 Å². The second kappa shape index (κ2) is 4.47. The van der Waals surface area contributed by atoms with E-state index in [0.29, 0.717) is 21.1 Å². The maximum atomic E-state index is 11.7. The molecule has 4 heteroatoms. The van der Waals surface area contributed by atoms with Crippen LogP contribution in [0.4, 0.5) is 0 Å². The van der Waals surface area contributed by atoms with Gasteiger partial charge in [-0.1, -0.05) is 0 Å². The molecule has 0 fully saturated rings. The normalized spacial score (nSPS) is 11.1. The minimum atomic E-state index is -0.129. The van der Waals surface area contributed by atoms with Crippen molar-refractivity contribution in [3.8, 4) is 0 Å². The SMILES string of the molecule is CCOC(=O)c1cc2[se]c3ccccc3c2[se]1. The number of esters is 1. The van der Waals surface area contributed by atoms with Gasteiger partial charge < -0.3 is 0 Å². The van der Waals surface area contributed by atoms with Gasteiger partial charge in [-0.2, -0.15) is 0 Å². The van der Waals surface area contributed by atoms with Crippen LogP contribution in [-0.2, 0) is 4.74 Å². The van der Waals surface area contributed by atoms with Gasteiger partial charge in [0.25, 0.3) is 0 Å². The third kappa shape index (κ3) is 1.92. The molecule has 2 aromatic heterocycles. The molecule has 0 bridgehead atoms. The summed E-state index contributed by atoms with van der Waals surface area (Å²) in [6.07, 6.45) is 0. The van der Waals surface area contributed by atoms with Crippen LogP contribution < -0.4 is 0 Å². The van der Waals surface area contributed by atoms with Gasteiger partial charge in [-0.05, 0) is 0 Å². The fourth-order valence-electron chi connectivity index (χ4n) is 1.80. The Kier molecular flexibility index (Phi) is 2.97. The summed E-state index contributed by atoms with van der Waals surface area (Å²) in [7, 11) is 0. The van der Waals surface area contributed by atoms with Gasteiger partial charge in [0.05, 0.1) is 0 Å². The van der Waals surface area contributed by atoms with Gasteiger partial charge in [0.2, 0.25) is 0 Å². The summed E-state index contributed by atoms with van der Waals surface area (Å²) in [5.41, 5.74) is 0. The van der Waals surface area contributed by atoms with Gasteiger partial charge in [0.1, 0.15) is 0 Å². The van der Waals surface area contributed by atoms with E-state index in [9.17, 15) is 4.79 Å². The summed E-state index contributed by atoms with van der Waals surface area (Å²) < 4.78 is 10.2. The number of fused-ring (bicyclic) bond motifs is 3. The Morgan fingerprint density at radius 3 is 2.88 bits per heavy atom. The fourth-order valence-corrected chi connectivity index (χ4v) is 7.67. The fraction of sp³-hybridized carbons (Fsp3) is 0.154. The quantitative estimate of drug-likeness (QED) is 0.520. The van der Waals surface area contributed by atoms with Gasteiger partial charge in [0, 0.05) is 0 Å². The van der Waals surface area contributed by atoms with E-state index in [-0.39, 0.29) is 20.5 Å². The van der Waals surface area contributed by atoms with E-state index in [4.69, 9.17) is 4.74 Å². The van der Waals surface area contributed by atoms with Crippen LogP contribution in [0.2, 0.25) is 0 Å². The number of benzene rings is 1. The molecule has 2 heterocycles. The Morgan fingerprint density at radius 2 is 2.06 bits per heavy atom. The molecule has 0 saturated carbocycles. The van der Waals surface area contributed by atoms with E-state index in [2.05, 4.69) is 30.3 Å². The topological polar surface area (TPSA) is 26.3 Å². The van der Waals surface area contributed by atoms with Crippen molar-refractivity contribution in [2.45, 2.75) is 6.92 Å². The molecule has 17 heavy (non-hydrogen) atoms.